The van der Waals surface area contributed by atoms with E-state index in [0.717, 1.165) is 19.3 Å². The Morgan fingerprint density at radius 2 is 1.48 bits per heavy atom. The molecule has 6 heteroatoms. The van der Waals surface area contributed by atoms with Gasteiger partial charge in [0, 0.05) is 13.0 Å². The highest BCUT2D eigenvalue weighted by molar-refractivity contribution is 5.76. The second kappa shape index (κ2) is 16.2. The summed E-state index contributed by atoms with van der Waals surface area (Å²) < 4.78 is 22.3. The first-order valence-corrected chi connectivity index (χ1v) is 10.9. The van der Waals surface area contributed by atoms with Gasteiger partial charge in [-0.15, -0.1) is 0 Å². The van der Waals surface area contributed by atoms with Crippen molar-refractivity contribution in [3.63, 3.8) is 0 Å². The number of hydrogen-bond donors (Lipinski definition) is 1. The van der Waals surface area contributed by atoms with Crippen molar-refractivity contribution >= 4 is 5.97 Å². The van der Waals surface area contributed by atoms with Crippen molar-refractivity contribution in [3.05, 3.63) is 30.3 Å². The van der Waals surface area contributed by atoms with E-state index in [1.165, 1.54) is 25.7 Å². The van der Waals surface area contributed by atoms with Crippen LogP contribution < -0.4 is 4.74 Å². The zero-order valence-corrected chi connectivity index (χ0v) is 18.1. The van der Waals surface area contributed by atoms with E-state index in [1.54, 1.807) is 12.1 Å². The summed E-state index contributed by atoms with van der Waals surface area (Å²) in [5.41, 5.74) is 0. The minimum absolute atomic E-state index is 0.141. The van der Waals surface area contributed by atoms with E-state index >= 15 is 0 Å². The molecule has 0 heterocycles. The van der Waals surface area contributed by atoms with E-state index in [9.17, 15) is 9.90 Å². The van der Waals surface area contributed by atoms with Gasteiger partial charge in [-0.25, -0.2) is 4.79 Å². The first-order chi connectivity index (χ1) is 14.1. The van der Waals surface area contributed by atoms with E-state index in [-0.39, 0.29) is 13.2 Å². The van der Waals surface area contributed by atoms with E-state index in [0.29, 0.717) is 32.0 Å². The first-order valence-electron chi connectivity index (χ1n) is 10.9. The fourth-order valence-electron chi connectivity index (χ4n) is 2.99. The smallest absolute Gasteiger partial charge is 0.377 e. The molecule has 0 radical (unpaired) electrons. The van der Waals surface area contributed by atoms with Gasteiger partial charge in [-0.2, -0.15) is 0 Å². The molecule has 1 atom stereocenters. The minimum atomic E-state index is -1.70. The number of carboxylic acid groups (broad SMARTS) is 1. The molecular weight excluding hydrogens is 372 g/mol. The number of benzene rings is 1. The number of aliphatic carboxylic acids is 1. The lowest BCUT2D eigenvalue weighted by Crippen LogP contribution is -2.48. The highest BCUT2D eigenvalue weighted by atomic mass is 16.7. The van der Waals surface area contributed by atoms with Crippen LogP contribution in [0.5, 0.6) is 5.75 Å². The summed E-state index contributed by atoms with van der Waals surface area (Å²) >= 11 is 0. The average Bonchev–Trinajstić information content (AvgIpc) is 2.72. The molecule has 0 aromatic heterocycles. The molecule has 0 saturated heterocycles. The number of rotatable bonds is 19. The predicted molar refractivity (Wildman–Crippen MR) is 113 cm³/mol. The molecule has 0 aliphatic heterocycles. The summed E-state index contributed by atoms with van der Waals surface area (Å²) in [5.74, 6) is -2.33. The van der Waals surface area contributed by atoms with Gasteiger partial charge in [-0.05, 0) is 25.5 Å². The largest absolute Gasteiger partial charge is 0.476 e. The molecule has 1 unspecified atom stereocenters. The van der Waals surface area contributed by atoms with Crippen molar-refractivity contribution in [1.29, 1.82) is 0 Å². The Bertz CT molecular complexity index is 501. The van der Waals surface area contributed by atoms with Gasteiger partial charge in [0.2, 0.25) is 0 Å². The second-order valence-corrected chi connectivity index (χ2v) is 7.00. The number of para-hydroxylation sites is 1. The van der Waals surface area contributed by atoms with Crippen LogP contribution in [0.1, 0.15) is 65.2 Å². The van der Waals surface area contributed by atoms with Crippen molar-refractivity contribution in [2.75, 3.05) is 33.0 Å². The number of carbonyl (C=O) groups is 1. The highest BCUT2D eigenvalue weighted by Gasteiger charge is 2.42. The van der Waals surface area contributed by atoms with E-state index < -0.39 is 11.8 Å². The van der Waals surface area contributed by atoms with Gasteiger partial charge in [-0.1, -0.05) is 63.6 Å². The summed E-state index contributed by atoms with van der Waals surface area (Å²) in [6.07, 6.45) is 7.97. The molecule has 1 aromatic rings. The second-order valence-electron chi connectivity index (χ2n) is 7.00. The monoisotopic (exact) mass is 410 g/mol. The highest BCUT2D eigenvalue weighted by Crippen LogP contribution is 2.26. The van der Waals surface area contributed by atoms with Crippen molar-refractivity contribution in [2.24, 2.45) is 0 Å². The van der Waals surface area contributed by atoms with Crippen molar-refractivity contribution in [2.45, 2.75) is 71.0 Å². The summed E-state index contributed by atoms with van der Waals surface area (Å²) in [4.78, 5) is 12.1. The van der Waals surface area contributed by atoms with E-state index in [4.69, 9.17) is 18.9 Å². The van der Waals surface area contributed by atoms with Crippen LogP contribution in [0.4, 0.5) is 0 Å². The SMILES string of the molecule is CCCCCCCCCC(OCCOCCOCC)(Oc1ccccc1)C(=O)O. The molecule has 1 aromatic carbocycles. The molecule has 0 aliphatic carbocycles. The van der Waals surface area contributed by atoms with Crippen LogP contribution in [-0.4, -0.2) is 49.9 Å². The zero-order valence-electron chi connectivity index (χ0n) is 18.1. The Hall–Kier alpha value is -1.63. The van der Waals surface area contributed by atoms with Crippen molar-refractivity contribution in [3.8, 4) is 5.75 Å². The number of ether oxygens (including phenoxy) is 4. The third-order valence-corrected chi connectivity index (χ3v) is 4.60. The maximum absolute atomic E-state index is 12.1. The van der Waals surface area contributed by atoms with E-state index in [1.807, 2.05) is 25.1 Å². The third-order valence-electron chi connectivity index (χ3n) is 4.60. The van der Waals surface area contributed by atoms with Crippen molar-refractivity contribution < 1.29 is 28.8 Å². The fraction of sp³-hybridized carbons (Fsp3) is 0.696. The van der Waals surface area contributed by atoms with Crippen LogP contribution in [-0.2, 0) is 19.0 Å². The number of hydrogen-bond acceptors (Lipinski definition) is 5. The van der Waals surface area contributed by atoms with Crippen LogP contribution in [0.2, 0.25) is 0 Å². The van der Waals surface area contributed by atoms with Gasteiger partial charge in [0.1, 0.15) is 5.75 Å². The molecule has 0 amide bonds. The molecule has 0 spiro atoms. The Labute approximate surface area is 175 Å². The Morgan fingerprint density at radius 3 is 2.14 bits per heavy atom. The Kier molecular flexibility index (Phi) is 14.2. The molecular formula is C23H38O6. The van der Waals surface area contributed by atoms with Gasteiger partial charge in [0.15, 0.2) is 0 Å². The zero-order chi connectivity index (χ0) is 21.2. The van der Waals surface area contributed by atoms with Crippen LogP contribution in [0.15, 0.2) is 30.3 Å². The van der Waals surface area contributed by atoms with Gasteiger partial charge in [0.05, 0.1) is 26.4 Å². The van der Waals surface area contributed by atoms with Crippen LogP contribution in [0.25, 0.3) is 0 Å². The molecule has 0 bridgehead atoms. The predicted octanol–water partition coefficient (Wildman–Crippen LogP) is 5.06. The molecule has 0 fully saturated rings. The lowest BCUT2D eigenvalue weighted by atomic mass is 10.0. The summed E-state index contributed by atoms with van der Waals surface area (Å²) in [6.45, 7) is 6.16. The summed E-state index contributed by atoms with van der Waals surface area (Å²) in [6, 6.07) is 8.96. The van der Waals surface area contributed by atoms with E-state index in [2.05, 4.69) is 6.92 Å². The van der Waals surface area contributed by atoms with Gasteiger partial charge in [0.25, 0.3) is 0 Å². The van der Waals surface area contributed by atoms with Crippen LogP contribution in [0, 0.1) is 0 Å². The normalized spacial score (nSPS) is 13.2. The maximum atomic E-state index is 12.1. The average molecular weight is 411 g/mol. The first kappa shape index (κ1) is 25.4. The van der Waals surface area contributed by atoms with Crippen LogP contribution in [0.3, 0.4) is 0 Å². The molecule has 1 rings (SSSR count). The molecule has 0 saturated carbocycles. The summed E-state index contributed by atoms with van der Waals surface area (Å²) in [5, 5.41) is 9.92. The van der Waals surface area contributed by atoms with Gasteiger partial charge in [-0.3, -0.25) is 0 Å². The molecule has 1 N–H and O–H groups in total. The van der Waals surface area contributed by atoms with Crippen LogP contribution >= 0.6 is 0 Å². The quantitative estimate of drug-likeness (QED) is 0.254. The van der Waals surface area contributed by atoms with Gasteiger partial charge < -0.3 is 24.1 Å². The van der Waals surface area contributed by atoms with Crippen molar-refractivity contribution in [1.82, 2.24) is 0 Å². The minimum Gasteiger partial charge on any atom is -0.476 e. The Balaban J connectivity index is 2.57. The third kappa shape index (κ3) is 11.2. The Morgan fingerprint density at radius 1 is 0.862 bits per heavy atom. The van der Waals surface area contributed by atoms with Gasteiger partial charge >= 0.3 is 11.8 Å². The topological polar surface area (TPSA) is 74.2 Å². The standard InChI is InChI=1S/C23H38O6/c1-3-5-6-7-8-9-13-16-23(22(24)25,29-21-14-11-10-12-15-21)28-20-19-27-18-17-26-4-2/h10-12,14-15H,3-9,13,16-20H2,1-2H3,(H,24,25). The number of carboxylic acids is 1. The molecule has 6 nitrogen and oxygen atoms in total. The summed E-state index contributed by atoms with van der Waals surface area (Å²) in [7, 11) is 0. The molecule has 166 valence electrons. The molecule has 29 heavy (non-hydrogen) atoms. The number of unbranched alkanes of at least 4 members (excludes halogenated alkanes) is 6. The lowest BCUT2D eigenvalue weighted by molar-refractivity contribution is -0.218. The molecule has 0 aliphatic rings. The maximum Gasteiger partial charge on any atom is 0.377 e. The fourth-order valence-corrected chi connectivity index (χ4v) is 2.99. The lowest BCUT2D eigenvalue weighted by Gasteiger charge is -2.30.